The first-order valence-electron chi connectivity index (χ1n) is 10.3. The zero-order valence-corrected chi connectivity index (χ0v) is 17.5. The van der Waals surface area contributed by atoms with Gasteiger partial charge in [0.1, 0.15) is 6.04 Å². The number of amides is 3. The maximum Gasteiger partial charge on any atom is 0.313 e. The second-order valence-electron chi connectivity index (χ2n) is 7.47. The summed E-state index contributed by atoms with van der Waals surface area (Å²) in [5.74, 6) is -1.39. The molecule has 1 saturated heterocycles. The Bertz CT molecular complexity index is 873. The van der Waals surface area contributed by atoms with Crippen LogP contribution in [-0.4, -0.2) is 64.1 Å². The van der Waals surface area contributed by atoms with Crippen molar-refractivity contribution in [2.24, 2.45) is 0 Å². The Kier molecular flexibility index (Phi) is 7.17. The van der Waals surface area contributed by atoms with Gasteiger partial charge in [0.05, 0.1) is 12.2 Å². The van der Waals surface area contributed by atoms with Crippen LogP contribution in [0.2, 0.25) is 0 Å². The molecule has 1 aliphatic heterocycles. The molecule has 7 nitrogen and oxygen atoms in total. The highest BCUT2D eigenvalue weighted by atomic mass is 16.2. The van der Waals surface area contributed by atoms with Gasteiger partial charge in [0.2, 0.25) is 5.91 Å². The summed E-state index contributed by atoms with van der Waals surface area (Å²) < 4.78 is 0. The molecule has 158 valence electrons. The van der Waals surface area contributed by atoms with E-state index in [1.165, 1.54) is 4.90 Å². The topological polar surface area (TPSA) is 73.8 Å². The van der Waals surface area contributed by atoms with Gasteiger partial charge >= 0.3 is 11.8 Å². The van der Waals surface area contributed by atoms with Crippen LogP contribution in [0.4, 0.5) is 0 Å². The lowest BCUT2D eigenvalue weighted by molar-refractivity contribution is -0.161. The zero-order valence-electron chi connectivity index (χ0n) is 17.5. The van der Waals surface area contributed by atoms with Gasteiger partial charge in [0.15, 0.2) is 0 Å². The monoisotopic (exact) mass is 408 g/mol. The Morgan fingerprint density at radius 3 is 2.47 bits per heavy atom. The largest absolute Gasteiger partial charge is 0.338 e. The fraction of sp³-hybridized carbons (Fsp3) is 0.391. The van der Waals surface area contributed by atoms with Crippen LogP contribution < -0.4 is 0 Å². The minimum atomic E-state index is -0.843. The normalized spacial score (nSPS) is 15.3. The van der Waals surface area contributed by atoms with Crippen molar-refractivity contribution in [1.29, 1.82) is 0 Å². The molecule has 3 amide bonds. The molecule has 1 aromatic carbocycles. The SMILES string of the molecule is CCCCN1CCN([C@H](C(=O)N(C)Cc2ccccn2)c2ccccc2)C(=O)C1=O. The van der Waals surface area contributed by atoms with Gasteiger partial charge in [-0.2, -0.15) is 0 Å². The molecule has 1 fully saturated rings. The minimum Gasteiger partial charge on any atom is -0.338 e. The molecule has 0 radical (unpaired) electrons. The van der Waals surface area contributed by atoms with E-state index in [1.807, 2.05) is 55.5 Å². The molecule has 0 bridgehead atoms. The number of rotatable bonds is 8. The predicted octanol–water partition coefficient (Wildman–Crippen LogP) is 2.25. The summed E-state index contributed by atoms with van der Waals surface area (Å²) in [6.45, 7) is 3.70. The number of carbonyl (C=O) groups excluding carboxylic acids is 3. The lowest BCUT2D eigenvalue weighted by atomic mass is 10.0. The Hall–Kier alpha value is -3.22. The summed E-state index contributed by atoms with van der Waals surface area (Å²) in [6.07, 6.45) is 3.48. The average molecular weight is 409 g/mol. The first kappa shape index (κ1) is 21.5. The average Bonchev–Trinajstić information content (AvgIpc) is 2.77. The van der Waals surface area contributed by atoms with E-state index < -0.39 is 17.9 Å². The molecular formula is C23H28N4O3. The Morgan fingerprint density at radius 1 is 1.07 bits per heavy atom. The summed E-state index contributed by atoms with van der Waals surface area (Å²) in [4.78, 5) is 47.9. The minimum absolute atomic E-state index is 0.241. The predicted molar refractivity (Wildman–Crippen MR) is 113 cm³/mol. The number of likely N-dealkylation sites (N-methyl/N-ethyl adjacent to an activating group) is 1. The Balaban J connectivity index is 1.84. The van der Waals surface area contributed by atoms with Crippen molar-refractivity contribution in [3.8, 4) is 0 Å². The van der Waals surface area contributed by atoms with Gasteiger partial charge in [0.25, 0.3) is 0 Å². The Labute approximate surface area is 177 Å². The highest BCUT2D eigenvalue weighted by Crippen LogP contribution is 2.26. The highest BCUT2D eigenvalue weighted by Gasteiger charge is 2.40. The third-order valence-corrected chi connectivity index (χ3v) is 5.29. The Morgan fingerprint density at radius 2 is 1.80 bits per heavy atom. The van der Waals surface area contributed by atoms with E-state index in [0.717, 1.165) is 18.5 Å². The fourth-order valence-electron chi connectivity index (χ4n) is 3.61. The lowest BCUT2D eigenvalue weighted by Gasteiger charge is -2.39. The standard InChI is InChI=1S/C23H28N4O3/c1-3-4-14-26-15-16-27(23(30)22(26)29)20(18-10-6-5-7-11-18)21(28)25(2)17-19-12-8-9-13-24-19/h5-13,20H,3-4,14-17H2,1-2H3/t20-/m0/s1. The highest BCUT2D eigenvalue weighted by molar-refractivity contribution is 6.35. The van der Waals surface area contributed by atoms with E-state index in [0.29, 0.717) is 31.7 Å². The van der Waals surface area contributed by atoms with Crippen molar-refractivity contribution in [2.45, 2.75) is 32.4 Å². The number of piperazine rings is 1. The molecule has 0 spiro atoms. The van der Waals surface area contributed by atoms with Gasteiger partial charge in [-0.1, -0.05) is 49.7 Å². The number of unbranched alkanes of at least 4 members (excludes halogenated alkanes) is 1. The van der Waals surface area contributed by atoms with Crippen molar-refractivity contribution in [3.63, 3.8) is 0 Å². The van der Waals surface area contributed by atoms with Gasteiger partial charge in [-0.15, -0.1) is 0 Å². The molecule has 0 N–H and O–H groups in total. The van der Waals surface area contributed by atoms with Crippen LogP contribution in [0.3, 0.4) is 0 Å². The molecule has 3 rings (SSSR count). The molecule has 2 heterocycles. The number of hydrogen-bond donors (Lipinski definition) is 0. The molecule has 0 aliphatic carbocycles. The second-order valence-corrected chi connectivity index (χ2v) is 7.47. The summed E-state index contributed by atoms with van der Waals surface area (Å²) in [7, 11) is 1.69. The quantitative estimate of drug-likeness (QED) is 0.628. The van der Waals surface area contributed by atoms with Crippen molar-refractivity contribution < 1.29 is 14.4 Å². The van der Waals surface area contributed by atoms with Crippen LogP contribution in [0.15, 0.2) is 54.7 Å². The maximum absolute atomic E-state index is 13.4. The summed E-state index contributed by atoms with van der Waals surface area (Å²) in [5.41, 5.74) is 1.45. The molecule has 0 unspecified atom stereocenters. The number of nitrogens with zero attached hydrogens (tertiary/aromatic N) is 4. The summed E-state index contributed by atoms with van der Waals surface area (Å²) >= 11 is 0. The number of carbonyl (C=O) groups is 3. The van der Waals surface area contributed by atoms with Crippen molar-refractivity contribution in [1.82, 2.24) is 19.7 Å². The third kappa shape index (κ3) is 4.84. The number of aromatic nitrogens is 1. The smallest absolute Gasteiger partial charge is 0.313 e. The molecule has 30 heavy (non-hydrogen) atoms. The summed E-state index contributed by atoms with van der Waals surface area (Å²) in [6, 6.07) is 13.9. The van der Waals surface area contributed by atoms with E-state index in [2.05, 4.69) is 4.98 Å². The van der Waals surface area contributed by atoms with E-state index in [1.54, 1.807) is 23.0 Å². The van der Waals surface area contributed by atoms with Crippen LogP contribution in [-0.2, 0) is 20.9 Å². The first-order chi connectivity index (χ1) is 14.5. The van der Waals surface area contributed by atoms with Crippen LogP contribution >= 0.6 is 0 Å². The lowest BCUT2D eigenvalue weighted by Crippen LogP contribution is -2.57. The summed E-state index contributed by atoms with van der Waals surface area (Å²) in [5, 5.41) is 0. The molecule has 1 atom stereocenters. The molecule has 2 aromatic rings. The number of benzene rings is 1. The van der Waals surface area contributed by atoms with Crippen LogP contribution in [0.25, 0.3) is 0 Å². The van der Waals surface area contributed by atoms with E-state index in [9.17, 15) is 14.4 Å². The molecule has 7 heteroatoms. The van der Waals surface area contributed by atoms with Gasteiger partial charge < -0.3 is 14.7 Å². The number of hydrogen-bond acceptors (Lipinski definition) is 4. The third-order valence-electron chi connectivity index (χ3n) is 5.29. The van der Waals surface area contributed by atoms with Crippen LogP contribution in [0.5, 0.6) is 0 Å². The van der Waals surface area contributed by atoms with Gasteiger partial charge in [-0.05, 0) is 24.1 Å². The van der Waals surface area contributed by atoms with Crippen LogP contribution in [0, 0.1) is 0 Å². The van der Waals surface area contributed by atoms with Crippen molar-refractivity contribution in [2.75, 3.05) is 26.7 Å². The molecule has 0 saturated carbocycles. The zero-order chi connectivity index (χ0) is 21.5. The van der Waals surface area contributed by atoms with Crippen molar-refractivity contribution in [3.05, 3.63) is 66.0 Å². The molecular weight excluding hydrogens is 380 g/mol. The molecule has 1 aliphatic rings. The van der Waals surface area contributed by atoms with E-state index >= 15 is 0 Å². The first-order valence-corrected chi connectivity index (χ1v) is 10.3. The van der Waals surface area contributed by atoms with E-state index in [-0.39, 0.29) is 5.91 Å². The van der Waals surface area contributed by atoms with Gasteiger partial charge in [-0.25, -0.2) is 0 Å². The second kappa shape index (κ2) is 10.0. The van der Waals surface area contributed by atoms with Gasteiger partial charge in [-0.3, -0.25) is 19.4 Å². The van der Waals surface area contributed by atoms with Crippen molar-refractivity contribution >= 4 is 17.7 Å². The molecule has 1 aromatic heterocycles. The van der Waals surface area contributed by atoms with Crippen LogP contribution in [0.1, 0.15) is 37.1 Å². The van der Waals surface area contributed by atoms with E-state index in [4.69, 9.17) is 0 Å². The van der Waals surface area contributed by atoms with Gasteiger partial charge in [0, 0.05) is 32.9 Å². The number of pyridine rings is 1. The maximum atomic E-state index is 13.4. The fourth-order valence-corrected chi connectivity index (χ4v) is 3.61.